The van der Waals surface area contributed by atoms with Crippen LogP contribution >= 0.6 is 15.9 Å². The van der Waals surface area contributed by atoms with Crippen molar-refractivity contribution in [2.75, 3.05) is 14.2 Å². The van der Waals surface area contributed by atoms with Gasteiger partial charge >= 0.3 is 0 Å². The van der Waals surface area contributed by atoms with Crippen LogP contribution in [0.3, 0.4) is 0 Å². The van der Waals surface area contributed by atoms with Crippen molar-refractivity contribution in [2.24, 2.45) is 0 Å². The zero-order valence-electron chi connectivity index (χ0n) is 25.1. The highest BCUT2D eigenvalue weighted by Gasteiger charge is 2.56. The number of benzene rings is 4. The van der Waals surface area contributed by atoms with Gasteiger partial charge in [-0.1, -0.05) is 52.3 Å². The van der Waals surface area contributed by atoms with Crippen molar-refractivity contribution in [3.63, 3.8) is 0 Å². The summed E-state index contributed by atoms with van der Waals surface area (Å²) >= 11 is 3.40. The lowest BCUT2D eigenvalue weighted by Gasteiger charge is -2.50. The van der Waals surface area contributed by atoms with E-state index in [-0.39, 0.29) is 17.2 Å². The number of methoxy groups -OCH3 is 1. The molecule has 0 spiro atoms. The normalized spacial score (nSPS) is 25.7. The largest absolute Gasteiger partial charge is 0.375 e. The predicted octanol–water partition coefficient (Wildman–Crippen LogP) is 5.71. The lowest BCUT2D eigenvalue weighted by molar-refractivity contribution is -0.262. The molecule has 5 atom stereocenters. The van der Waals surface area contributed by atoms with Gasteiger partial charge in [-0.2, -0.15) is 4.31 Å². The fourth-order valence-corrected chi connectivity index (χ4v) is 10.00. The number of fused-ring (bicyclic) bond motifs is 13. The molecule has 0 radical (unpaired) electrons. The highest BCUT2D eigenvalue weighted by molar-refractivity contribution is 9.10. The first-order valence-electron chi connectivity index (χ1n) is 15.0. The van der Waals surface area contributed by atoms with Gasteiger partial charge in [-0.05, 0) is 43.3 Å². The summed E-state index contributed by atoms with van der Waals surface area (Å²) in [5.41, 5.74) is 3.04. The van der Waals surface area contributed by atoms with Crippen LogP contribution in [0.25, 0.3) is 43.6 Å². The van der Waals surface area contributed by atoms with E-state index in [0.717, 1.165) is 48.1 Å². The van der Waals surface area contributed by atoms with E-state index in [1.807, 2.05) is 55.5 Å². The number of aliphatic hydroxyl groups is 1. The average molecular weight is 702 g/mol. The third-order valence-electron chi connectivity index (χ3n) is 10.2. The first-order chi connectivity index (χ1) is 22.1. The Morgan fingerprint density at radius 3 is 2.35 bits per heavy atom. The molecule has 46 heavy (non-hydrogen) atoms. The van der Waals surface area contributed by atoms with Crippen LogP contribution in [0.4, 0.5) is 0 Å². The van der Waals surface area contributed by atoms with E-state index >= 15 is 0 Å². The van der Waals surface area contributed by atoms with Gasteiger partial charge in [0.2, 0.25) is 10.0 Å². The molecule has 0 aliphatic carbocycles. The Bertz CT molecular complexity index is 2420. The smallest absolute Gasteiger partial charge is 0.254 e. The van der Waals surface area contributed by atoms with Crippen molar-refractivity contribution < 1.29 is 27.8 Å². The van der Waals surface area contributed by atoms with E-state index in [4.69, 9.17) is 9.47 Å². The fraction of sp³-hybridized carbons (Fsp3) is 0.265. The Labute approximate surface area is 272 Å². The molecule has 2 bridgehead atoms. The van der Waals surface area contributed by atoms with Crippen LogP contribution in [-0.2, 0) is 25.2 Å². The molecule has 2 N–H and O–H groups in total. The van der Waals surface area contributed by atoms with Crippen molar-refractivity contribution in [3.8, 4) is 0 Å². The topological polar surface area (TPSA) is 115 Å². The van der Waals surface area contributed by atoms with E-state index in [0.29, 0.717) is 11.1 Å². The number of nitrogens with zero attached hydrogens (tertiary/aromatic N) is 3. The first-order valence-corrected chi connectivity index (χ1v) is 17.3. The van der Waals surface area contributed by atoms with E-state index in [1.165, 1.54) is 4.31 Å². The van der Waals surface area contributed by atoms with Gasteiger partial charge in [0.15, 0.2) is 12.0 Å². The van der Waals surface area contributed by atoms with Crippen molar-refractivity contribution >= 4 is 75.5 Å². The fourth-order valence-electron chi connectivity index (χ4n) is 8.37. The van der Waals surface area contributed by atoms with Crippen molar-refractivity contribution in [3.05, 3.63) is 88.4 Å². The maximum absolute atomic E-state index is 14.2. The molecule has 1 amide bonds. The molecule has 5 heterocycles. The van der Waals surface area contributed by atoms with Crippen LogP contribution in [0.5, 0.6) is 0 Å². The van der Waals surface area contributed by atoms with E-state index in [1.54, 1.807) is 38.4 Å². The Kier molecular flexibility index (Phi) is 5.81. The van der Waals surface area contributed by atoms with Gasteiger partial charge in [0.05, 0.1) is 38.6 Å². The quantitative estimate of drug-likeness (QED) is 0.244. The molecule has 1 fully saturated rings. The number of aromatic nitrogens is 2. The molecule has 3 aliphatic rings. The van der Waals surface area contributed by atoms with Crippen LogP contribution < -0.4 is 5.32 Å². The van der Waals surface area contributed by atoms with Crippen LogP contribution in [0.15, 0.2) is 82.2 Å². The zero-order valence-corrected chi connectivity index (χ0v) is 27.5. The summed E-state index contributed by atoms with van der Waals surface area (Å²) in [6.07, 6.45) is -2.29. The summed E-state index contributed by atoms with van der Waals surface area (Å²) in [6.45, 7) is 1.94. The highest BCUT2D eigenvalue weighted by Crippen LogP contribution is 2.55. The molecule has 12 heteroatoms. The second-order valence-corrected chi connectivity index (χ2v) is 15.3. The minimum atomic E-state index is -3.95. The number of para-hydroxylation sites is 2. The number of likely N-dealkylation sites (N-methyl/N-ethyl adjacent to an activating group) is 1. The highest BCUT2D eigenvalue weighted by atomic mass is 79.9. The monoisotopic (exact) mass is 700 g/mol. The third-order valence-corrected chi connectivity index (χ3v) is 12.6. The maximum atomic E-state index is 14.2. The number of hydrogen-bond donors (Lipinski definition) is 2. The second-order valence-electron chi connectivity index (χ2n) is 12.4. The third kappa shape index (κ3) is 3.38. The zero-order chi connectivity index (χ0) is 31.9. The molecule has 0 unspecified atom stereocenters. The number of sulfonamides is 1. The molecule has 10 nitrogen and oxygen atoms in total. The molecular weight excluding hydrogens is 672 g/mol. The Morgan fingerprint density at radius 2 is 1.65 bits per heavy atom. The lowest BCUT2D eigenvalue weighted by Crippen LogP contribution is -2.61. The van der Waals surface area contributed by atoms with Crippen molar-refractivity contribution in [1.29, 1.82) is 0 Å². The number of rotatable bonds is 4. The number of amides is 1. The predicted molar refractivity (Wildman–Crippen MR) is 177 cm³/mol. The van der Waals surface area contributed by atoms with E-state index in [9.17, 15) is 18.3 Å². The summed E-state index contributed by atoms with van der Waals surface area (Å²) in [4.78, 5) is 13.8. The van der Waals surface area contributed by atoms with Gasteiger partial charge in [0, 0.05) is 52.2 Å². The maximum Gasteiger partial charge on any atom is 0.254 e. The van der Waals surface area contributed by atoms with E-state index < -0.39 is 40.3 Å². The molecule has 6 aromatic rings. The first kappa shape index (κ1) is 28.4. The molecule has 234 valence electrons. The van der Waals surface area contributed by atoms with Gasteiger partial charge in [-0.15, -0.1) is 0 Å². The van der Waals surface area contributed by atoms with Gasteiger partial charge in [-0.25, -0.2) is 8.42 Å². The average Bonchev–Trinajstić information content (AvgIpc) is 3.65. The molecule has 3 aliphatic heterocycles. The second kappa shape index (κ2) is 9.40. The molecular formula is C34H29BrN4O6S. The molecule has 0 saturated carbocycles. The molecule has 1 saturated heterocycles. The van der Waals surface area contributed by atoms with Gasteiger partial charge in [0.1, 0.15) is 12.3 Å². The van der Waals surface area contributed by atoms with Crippen molar-refractivity contribution in [2.45, 2.75) is 48.6 Å². The van der Waals surface area contributed by atoms with Gasteiger partial charge in [0.25, 0.3) is 5.91 Å². The number of ether oxygens (including phenoxy) is 2. The Hall–Kier alpha value is -3.78. The molecule has 9 rings (SSSR count). The Morgan fingerprint density at radius 1 is 1.00 bits per heavy atom. The summed E-state index contributed by atoms with van der Waals surface area (Å²) in [5, 5.41) is 17.3. The van der Waals surface area contributed by atoms with Crippen LogP contribution in [-0.4, -0.2) is 59.2 Å². The number of carbonyl (C=O) groups is 1. The summed E-state index contributed by atoms with van der Waals surface area (Å²) < 4.78 is 48.2. The van der Waals surface area contributed by atoms with E-state index in [2.05, 4.69) is 30.4 Å². The summed E-state index contributed by atoms with van der Waals surface area (Å²) in [7, 11) is -0.763. The molecule has 2 aromatic heterocycles. The van der Waals surface area contributed by atoms with Crippen LogP contribution in [0.1, 0.15) is 41.7 Å². The summed E-state index contributed by atoms with van der Waals surface area (Å²) in [6, 6.07) is 21.7. The number of halogens is 1. The number of hydrogen-bond acceptors (Lipinski definition) is 6. The number of carbonyl (C=O) groups excluding carboxylic acids is 1. The number of aliphatic hydroxyl groups excluding tert-OH is 1. The minimum Gasteiger partial charge on any atom is -0.375 e. The Balaban J connectivity index is 1.42. The lowest BCUT2D eigenvalue weighted by atomic mass is 9.93. The van der Waals surface area contributed by atoms with Gasteiger partial charge in [-0.3, -0.25) is 4.79 Å². The number of nitrogens with one attached hydrogen (secondary N) is 1. The standard InChI is InChI=1S/C34H29BrN4O6S/c1-34-31(44-3)23(37(2)46(42,43)18-14-12-17(35)13-15-18)16-24(45-34)38-21-10-6-4-8-19(21)25-27-28(33(41)36-32(27)40)26-20-9-5-7-11-22(20)39(34)30(26)29(25)38/h4-15,23-24,31,33,41H,16H2,1-3H3,(H,36,40)/t23-,24-,31-,33+,34+/m1/s1. The SMILES string of the molecule is CO[C@@H]1[C@H](N(C)S(=O)(=O)c2ccc(Br)cc2)C[C@H]2O[C@]1(C)n1c3ccccc3c3c4c(c5c6ccccc6n2c5c31)C(=O)N[C@H]4O. The molecule has 4 aromatic carbocycles. The van der Waals surface area contributed by atoms with Crippen LogP contribution in [0.2, 0.25) is 0 Å². The minimum absolute atomic E-state index is 0.176. The van der Waals surface area contributed by atoms with Crippen LogP contribution in [0, 0.1) is 0 Å². The van der Waals surface area contributed by atoms with Gasteiger partial charge < -0.3 is 29.0 Å². The van der Waals surface area contributed by atoms with Crippen molar-refractivity contribution in [1.82, 2.24) is 18.8 Å². The summed E-state index contributed by atoms with van der Waals surface area (Å²) in [5.74, 6) is -0.337.